The summed E-state index contributed by atoms with van der Waals surface area (Å²) in [7, 11) is 1.83. The SMILES string of the molecule is Cc1ccc(-n2nnnc2N2CCN(c3cnn(C)c3)C(=O)C2)cc1. The number of aryl methyl sites for hydroxylation is 2. The molecule has 0 N–H and O–H groups in total. The van der Waals surface area contributed by atoms with Crippen molar-refractivity contribution in [3.05, 3.63) is 42.2 Å². The van der Waals surface area contributed by atoms with E-state index in [0.29, 0.717) is 19.0 Å². The van der Waals surface area contributed by atoms with Crippen LogP contribution in [-0.4, -0.2) is 55.5 Å². The van der Waals surface area contributed by atoms with Crippen LogP contribution in [0.25, 0.3) is 5.69 Å². The Bertz CT molecular complexity index is 897. The molecule has 1 amide bonds. The number of aromatic nitrogens is 6. The zero-order valence-electron chi connectivity index (χ0n) is 14.1. The number of hydrogen-bond acceptors (Lipinski definition) is 6. The van der Waals surface area contributed by atoms with Gasteiger partial charge in [0.05, 0.1) is 17.6 Å². The number of rotatable bonds is 3. The first-order valence-corrected chi connectivity index (χ1v) is 8.01. The maximum atomic E-state index is 12.6. The molecular formula is C16H18N8O. The highest BCUT2D eigenvalue weighted by Gasteiger charge is 2.29. The molecule has 1 fully saturated rings. The number of anilines is 2. The maximum Gasteiger partial charge on any atom is 0.250 e. The van der Waals surface area contributed by atoms with Gasteiger partial charge < -0.3 is 9.80 Å². The predicted molar refractivity (Wildman–Crippen MR) is 91.7 cm³/mol. The van der Waals surface area contributed by atoms with E-state index in [1.165, 1.54) is 5.56 Å². The molecule has 25 heavy (non-hydrogen) atoms. The zero-order valence-corrected chi connectivity index (χ0v) is 14.1. The molecule has 0 radical (unpaired) electrons. The van der Waals surface area contributed by atoms with Crippen molar-refractivity contribution in [3.8, 4) is 5.69 Å². The third kappa shape index (κ3) is 2.84. The van der Waals surface area contributed by atoms with E-state index in [-0.39, 0.29) is 12.5 Å². The lowest BCUT2D eigenvalue weighted by atomic mass is 10.2. The number of nitrogens with zero attached hydrogens (tertiary/aromatic N) is 8. The molecule has 2 aromatic heterocycles. The number of carbonyl (C=O) groups is 1. The van der Waals surface area contributed by atoms with Gasteiger partial charge in [-0.1, -0.05) is 22.8 Å². The largest absolute Gasteiger partial charge is 0.328 e. The van der Waals surface area contributed by atoms with E-state index >= 15 is 0 Å². The van der Waals surface area contributed by atoms with Gasteiger partial charge in [0.2, 0.25) is 5.91 Å². The summed E-state index contributed by atoms with van der Waals surface area (Å²) in [6, 6.07) is 7.93. The molecule has 0 aliphatic carbocycles. The van der Waals surface area contributed by atoms with Gasteiger partial charge in [0, 0.05) is 26.3 Å². The molecule has 4 rings (SSSR count). The van der Waals surface area contributed by atoms with Gasteiger partial charge in [-0.25, -0.2) is 0 Å². The lowest BCUT2D eigenvalue weighted by Gasteiger charge is -2.33. The van der Waals surface area contributed by atoms with Gasteiger partial charge in [0.15, 0.2) is 0 Å². The number of piperazine rings is 1. The number of tetrazole rings is 1. The zero-order chi connectivity index (χ0) is 17.4. The van der Waals surface area contributed by atoms with Crippen molar-refractivity contribution in [2.24, 2.45) is 7.05 Å². The van der Waals surface area contributed by atoms with E-state index in [4.69, 9.17) is 0 Å². The van der Waals surface area contributed by atoms with Crippen LogP contribution < -0.4 is 9.80 Å². The van der Waals surface area contributed by atoms with Crippen LogP contribution in [0.2, 0.25) is 0 Å². The summed E-state index contributed by atoms with van der Waals surface area (Å²) >= 11 is 0. The Labute approximate surface area is 144 Å². The monoisotopic (exact) mass is 338 g/mol. The summed E-state index contributed by atoms with van der Waals surface area (Å²) in [6.07, 6.45) is 3.54. The van der Waals surface area contributed by atoms with E-state index in [0.717, 1.165) is 11.4 Å². The van der Waals surface area contributed by atoms with Crippen LogP contribution in [0.5, 0.6) is 0 Å². The Kier molecular flexibility index (Phi) is 3.68. The molecule has 3 aromatic rings. The minimum atomic E-state index is -0.00212. The summed E-state index contributed by atoms with van der Waals surface area (Å²) in [5.74, 6) is 0.570. The normalized spacial score (nSPS) is 15.0. The Hall–Kier alpha value is -3.23. The minimum Gasteiger partial charge on any atom is -0.328 e. The number of amides is 1. The van der Waals surface area contributed by atoms with Crippen molar-refractivity contribution < 1.29 is 4.79 Å². The van der Waals surface area contributed by atoms with Crippen LogP contribution in [0.3, 0.4) is 0 Å². The lowest BCUT2D eigenvalue weighted by molar-refractivity contribution is -0.117. The van der Waals surface area contributed by atoms with E-state index in [1.54, 1.807) is 20.5 Å². The Balaban J connectivity index is 1.56. The fraction of sp³-hybridized carbons (Fsp3) is 0.312. The molecule has 0 unspecified atom stereocenters. The van der Waals surface area contributed by atoms with Gasteiger partial charge in [0.25, 0.3) is 5.95 Å². The third-order valence-electron chi connectivity index (χ3n) is 4.24. The van der Waals surface area contributed by atoms with Gasteiger partial charge in [-0.3, -0.25) is 9.48 Å². The van der Waals surface area contributed by atoms with Crippen molar-refractivity contribution in [3.63, 3.8) is 0 Å². The average Bonchev–Trinajstić information content (AvgIpc) is 3.24. The minimum absolute atomic E-state index is 0.00212. The molecule has 3 heterocycles. The van der Waals surface area contributed by atoms with Crippen molar-refractivity contribution in [1.82, 2.24) is 30.0 Å². The summed E-state index contributed by atoms with van der Waals surface area (Å²) in [5, 5.41) is 16.1. The second-order valence-electron chi connectivity index (χ2n) is 6.07. The number of carbonyl (C=O) groups excluding carboxylic acids is 1. The quantitative estimate of drug-likeness (QED) is 0.694. The molecule has 0 spiro atoms. The second-order valence-corrected chi connectivity index (χ2v) is 6.07. The van der Waals surface area contributed by atoms with Crippen LogP contribution in [0, 0.1) is 6.92 Å². The van der Waals surface area contributed by atoms with Crippen LogP contribution in [0.1, 0.15) is 5.56 Å². The van der Waals surface area contributed by atoms with Crippen LogP contribution in [-0.2, 0) is 11.8 Å². The first-order chi connectivity index (χ1) is 12.1. The summed E-state index contributed by atoms with van der Waals surface area (Å²) in [5.41, 5.74) is 2.84. The Morgan fingerprint density at radius 2 is 1.88 bits per heavy atom. The molecule has 0 atom stereocenters. The van der Waals surface area contributed by atoms with Crippen molar-refractivity contribution in [1.29, 1.82) is 0 Å². The number of hydrogen-bond donors (Lipinski definition) is 0. The van der Waals surface area contributed by atoms with Crippen LogP contribution in [0.4, 0.5) is 11.6 Å². The molecule has 128 valence electrons. The molecule has 1 aliphatic heterocycles. The highest BCUT2D eigenvalue weighted by molar-refractivity contribution is 5.97. The molecule has 9 heteroatoms. The third-order valence-corrected chi connectivity index (χ3v) is 4.24. The van der Waals surface area contributed by atoms with Crippen LogP contribution in [0.15, 0.2) is 36.7 Å². The molecule has 9 nitrogen and oxygen atoms in total. The first-order valence-electron chi connectivity index (χ1n) is 8.01. The fourth-order valence-electron chi connectivity index (χ4n) is 2.90. The highest BCUT2D eigenvalue weighted by atomic mass is 16.2. The van der Waals surface area contributed by atoms with Crippen molar-refractivity contribution in [2.45, 2.75) is 6.92 Å². The van der Waals surface area contributed by atoms with Gasteiger partial charge in [-0.05, 0) is 29.5 Å². The van der Waals surface area contributed by atoms with Crippen LogP contribution >= 0.6 is 0 Å². The Morgan fingerprint density at radius 3 is 2.56 bits per heavy atom. The van der Waals surface area contributed by atoms with Gasteiger partial charge >= 0.3 is 0 Å². The van der Waals surface area contributed by atoms with E-state index in [2.05, 4.69) is 20.6 Å². The summed E-state index contributed by atoms with van der Waals surface area (Å²) in [4.78, 5) is 16.2. The molecule has 0 saturated carbocycles. The standard InChI is InChI=1S/C16H18N8O/c1-12-3-5-13(6-4-12)24-16(18-19-20-24)22-7-8-23(15(25)11-22)14-9-17-21(2)10-14/h3-6,9-10H,7-8,11H2,1-2H3. The van der Waals surface area contributed by atoms with Crippen molar-refractivity contribution in [2.75, 3.05) is 29.4 Å². The smallest absolute Gasteiger partial charge is 0.250 e. The molecule has 1 aliphatic rings. The molecule has 1 saturated heterocycles. The molecule has 0 bridgehead atoms. The van der Waals surface area contributed by atoms with Gasteiger partial charge in [-0.15, -0.1) is 0 Å². The topological polar surface area (TPSA) is 85.0 Å². The maximum absolute atomic E-state index is 12.6. The molecule has 1 aromatic carbocycles. The fourth-order valence-corrected chi connectivity index (χ4v) is 2.90. The average molecular weight is 338 g/mol. The van der Waals surface area contributed by atoms with Gasteiger partial charge in [0.1, 0.15) is 6.54 Å². The number of benzene rings is 1. The highest BCUT2D eigenvalue weighted by Crippen LogP contribution is 2.21. The second kappa shape index (κ2) is 6.00. The van der Waals surface area contributed by atoms with Gasteiger partial charge in [-0.2, -0.15) is 9.78 Å². The molecular weight excluding hydrogens is 320 g/mol. The first kappa shape index (κ1) is 15.3. The van der Waals surface area contributed by atoms with E-state index in [1.807, 2.05) is 49.3 Å². The Morgan fingerprint density at radius 1 is 1.08 bits per heavy atom. The van der Waals surface area contributed by atoms with Crippen molar-refractivity contribution >= 4 is 17.5 Å². The lowest BCUT2D eigenvalue weighted by Crippen LogP contribution is -2.51. The van der Waals surface area contributed by atoms with E-state index in [9.17, 15) is 4.79 Å². The van der Waals surface area contributed by atoms with E-state index < -0.39 is 0 Å². The summed E-state index contributed by atoms with van der Waals surface area (Å²) < 4.78 is 3.35. The predicted octanol–water partition coefficient (Wildman–Crippen LogP) is 0.557. The summed E-state index contributed by atoms with van der Waals surface area (Å²) in [6.45, 7) is 3.46.